The number of carbonyl (C=O) groups excluding carboxylic acids is 1. The van der Waals surface area contributed by atoms with Crippen LogP contribution < -0.4 is 15.9 Å². The SMILES string of the molecule is C[C@@H](CC(C)(C)C)CC(C)(COc1ccc(B2OC(C)(C)C(C)(C)O2)cc1C#N)OC(N)=O. The molecule has 1 saturated heterocycles. The molecular formula is C25H39BN2O5. The Morgan fingerprint density at radius 3 is 2.21 bits per heavy atom. The van der Waals surface area contributed by atoms with Crippen LogP contribution in [-0.4, -0.2) is 36.6 Å². The Bertz CT molecular complexity index is 887. The lowest BCUT2D eigenvalue weighted by atomic mass is 9.78. The third-order valence-corrected chi connectivity index (χ3v) is 6.27. The molecule has 8 heteroatoms. The van der Waals surface area contributed by atoms with E-state index in [1.807, 2.05) is 40.7 Å². The summed E-state index contributed by atoms with van der Waals surface area (Å²) in [6.07, 6.45) is 0.693. The Morgan fingerprint density at radius 1 is 1.15 bits per heavy atom. The van der Waals surface area contributed by atoms with E-state index in [0.29, 0.717) is 17.7 Å². The number of amides is 1. The summed E-state index contributed by atoms with van der Waals surface area (Å²) in [5, 5.41) is 9.72. The van der Waals surface area contributed by atoms with Gasteiger partial charge in [-0.15, -0.1) is 0 Å². The van der Waals surface area contributed by atoms with Crippen LogP contribution in [-0.2, 0) is 14.0 Å². The van der Waals surface area contributed by atoms with Crippen LogP contribution in [0.2, 0.25) is 0 Å². The Hall–Kier alpha value is -2.24. The van der Waals surface area contributed by atoms with Gasteiger partial charge in [0.15, 0.2) is 0 Å². The molecule has 1 fully saturated rings. The average molecular weight is 458 g/mol. The predicted octanol–water partition coefficient (Wildman–Crippen LogP) is 4.55. The van der Waals surface area contributed by atoms with Crippen molar-refractivity contribution in [2.45, 2.75) is 92.0 Å². The van der Waals surface area contributed by atoms with Crippen molar-refractivity contribution in [3.05, 3.63) is 23.8 Å². The van der Waals surface area contributed by atoms with E-state index in [0.717, 1.165) is 11.9 Å². The number of benzene rings is 1. The molecule has 1 heterocycles. The molecular weight excluding hydrogens is 419 g/mol. The Morgan fingerprint density at radius 2 is 1.73 bits per heavy atom. The van der Waals surface area contributed by atoms with Gasteiger partial charge in [0, 0.05) is 0 Å². The zero-order valence-corrected chi connectivity index (χ0v) is 21.6. The van der Waals surface area contributed by atoms with E-state index in [1.165, 1.54) is 0 Å². The van der Waals surface area contributed by atoms with E-state index >= 15 is 0 Å². The number of nitrogens with zero attached hydrogens (tertiary/aromatic N) is 1. The fourth-order valence-electron chi connectivity index (χ4n) is 4.34. The molecule has 1 aromatic rings. The summed E-state index contributed by atoms with van der Waals surface area (Å²) in [5.74, 6) is 0.680. The minimum atomic E-state index is -0.923. The van der Waals surface area contributed by atoms with Gasteiger partial charge in [-0.25, -0.2) is 4.79 Å². The summed E-state index contributed by atoms with van der Waals surface area (Å²) in [6, 6.07) is 7.45. The fourth-order valence-corrected chi connectivity index (χ4v) is 4.34. The molecule has 0 spiro atoms. The molecule has 0 aromatic heterocycles. The maximum Gasteiger partial charge on any atom is 0.494 e. The first-order chi connectivity index (χ1) is 15.0. The normalized spacial score (nSPS) is 19.9. The minimum absolute atomic E-state index is 0.0783. The molecule has 1 unspecified atom stereocenters. The molecule has 2 atom stereocenters. The molecule has 182 valence electrons. The first-order valence-corrected chi connectivity index (χ1v) is 11.5. The lowest BCUT2D eigenvalue weighted by molar-refractivity contribution is -0.0231. The summed E-state index contributed by atoms with van der Waals surface area (Å²) in [4.78, 5) is 11.6. The number of nitrogens with two attached hydrogens (primary N) is 1. The number of ether oxygens (including phenoxy) is 2. The van der Waals surface area contributed by atoms with Gasteiger partial charge in [0.05, 0.1) is 16.8 Å². The van der Waals surface area contributed by atoms with Crippen LogP contribution in [0.3, 0.4) is 0 Å². The highest BCUT2D eigenvalue weighted by Gasteiger charge is 2.51. The number of rotatable bonds is 8. The zero-order chi connectivity index (χ0) is 25.2. The fraction of sp³-hybridized carbons (Fsp3) is 0.680. The molecule has 7 nitrogen and oxygen atoms in total. The van der Waals surface area contributed by atoms with Crippen molar-refractivity contribution in [2.24, 2.45) is 17.1 Å². The number of nitriles is 1. The van der Waals surface area contributed by atoms with Gasteiger partial charge in [-0.1, -0.05) is 33.8 Å². The van der Waals surface area contributed by atoms with Crippen LogP contribution in [0, 0.1) is 22.7 Å². The van der Waals surface area contributed by atoms with Crippen LogP contribution in [0.15, 0.2) is 18.2 Å². The number of hydrogen-bond donors (Lipinski definition) is 1. The Labute approximate surface area is 199 Å². The molecule has 2 N–H and O–H groups in total. The third-order valence-electron chi connectivity index (χ3n) is 6.27. The molecule has 1 amide bonds. The lowest BCUT2D eigenvalue weighted by Gasteiger charge is -2.33. The molecule has 1 aromatic carbocycles. The van der Waals surface area contributed by atoms with Crippen molar-refractivity contribution < 1.29 is 23.6 Å². The van der Waals surface area contributed by atoms with Gasteiger partial charge >= 0.3 is 13.2 Å². The maximum atomic E-state index is 11.6. The van der Waals surface area contributed by atoms with Crippen molar-refractivity contribution in [2.75, 3.05) is 6.61 Å². The first kappa shape index (κ1) is 27.0. The number of carbonyl (C=O) groups is 1. The molecule has 2 rings (SSSR count). The van der Waals surface area contributed by atoms with E-state index in [-0.39, 0.29) is 17.9 Å². The Kier molecular flexibility index (Phi) is 7.82. The van der Waals surface area contributed by atoms with Crippen LogP contribution in [0.4, 0.5) is 4.79 Å². The van der Waals surface area contributed by atoms with Gasteiger partial charge < -0.3 is 24.5 Å². The standard InChI is InChI=1S/C25H39BN2O5/c1-17(13-22(2,3)4)14-25(9,31-21(28)29)16-30-20-11-10-19(12-18(20)15-27)26-32-23(5,6)24(7,8)33-26/h10-12,17H,13-14,16H2,1-9H3,(H2,28,29)/t17-,25?/m0/s1. The molecule has 1 aliphatic heterocycles. The Balaban J connectivity index is 2.18. The second kappa shape index (κ2) is 9.56. The second-order valence-corrected chi connectivity index (χ2v) is 11.7. The van der Waals surface area contributed by atoms with Crippen LogP contribution >= 0.6 is 0 Å². The lowest BCUT2D eigenvalue weighted by Crippen LogP contribution is -2.41. The van der Waals surface area contributed by atoms with Gasteiger partial charge in [-0.05, 0) is 76.4 Å². The average Bonchev–Trinajstić information content (AvgIpc) is 2.84. The van der Waals surface area contributed by atoms with E-state index in [2.05, 4.69) is 33.8 Å². The van der Waals surface area contributed by atoms with Crippen molar-refractivity contribution in [3.63, 3.8) is 0 Å². The summed E-state index contributed by atoms with van der Waals surface area (Å²) in [6.45, 7) is 18.5. The highest BCUT2D eigenvalue weighted by molar-refractivity contribution is 6.62. The van der Waals surface area contributed by atoms with Gasteiger partial charge in [0.2, 0.25) is 0 Å². The van der Waals surface area contributed by atoms with Crippen LogP contribution in [0.5, 0.6) is 5.75 Å². The second-order valence-electron chi connectivity index (χ2n) is 11.7. The van der Waals surface area contributed by atoms with Crippen LogP contribution in [0.25, 0.3) is 0 Å². The molecule has 1 aliphatic rings. The van der Waals surface area contributed by atoms with Gasteiger partial charge in [0.1, 0.15) is 24.0 Å². The highest BCUT2D eigenvalue weighted by atomic mass is 16.7. The van der Waals surface area contributed by atoms with Crippen LogP contribution in [0.1, 0.15) is 80.7 Å². The summed E-state index contributed by atoms with van der Waals surface area (Å²) in [5.41, 5.74) is 4.71. The largest absolute Gasteiger partial charge is 0.494 e. The van der Waals surface area contributed by atoms with Crippen molar-refractivity contribution in [1.29, 1.82) is 5.26 Å². The molecule has 33 heavy (non-hydrogen) atoms. The summed E-state index contributed by atoms with van der Waals surface area (Å²) >= 11 is 0. The van der Waals surface area contributed by atoms with E-state index in [1.54, 1.807) is 12.1 Å². The molecule has 0 radical (unpaired) electrons. The first-order valence-electron chi connectivity index (χ1n) is 11.5. The van der Waals surface area contributed by atoms with Crippen molar-refractivity contribution in [3.8, 4) is 11.8 Å². The third kappa shape index (κ3) is 7.12. The predicted molar refractivity (Wildman–Crippen MR) is 129 cm³/mol. The minimum Gasteiger partial charge on any atom is -0.488 e. The topological polar surface area (TPSA) is 104 Å². The van der Waals surface area contributed by atoms with E-state index < -0.39 is 30.0 Å². The maximum absolute atomic E-state index is 11.6. The quantitative estimate of drug-likeness (QED) is 0.573. The zero-order valence-electron chi connectivity index (χ0n) is 21.6. The summed E-state index contributed by atoms with van der Waals surface area (Å²) < 4.78 is 23.6. The van der Waals surface area contributed by atoms with Gasteiger partial charge in [-0.2, -0.15) is 5.26 Å². The van der Waals surface area contributed by atoms with E-state index in [4.69, 9.17) is 24.5 Å². The van der Waals surface area contributed by atoms with Crippen molar-refractivity contribution >= 4 is 18.7 Å². The monoisotopic (exact) mass is 458 g/mol. The smallest absolute Gasteiger partial charge is 0.488 e. The number of primary amides is 1. The van der Waals surface area contributed by atoms with Gasteiger partial charge in [0.25, 0.3) is 0 Å². The van der Waals surface area contributed by atoms with Gasteiger partial charge in [-0.3, -0.25) is 0 Å². The molecule has 0 aliphatic carbocycles. The summed E-state index contributed by atoms with van der Waals surface area (Å²) in [7, 11) is -0.571. The molecule has 0 saturated carbocycles. The van der Waals surface area contributed by atoms with E-state index in [9.17, 15) is 10.1 Å². The molecule has 0 bridgehead atoms. The number of hydrogen-bond acceptors (Lipinski definition) is 6. The van der Waals surface area contributed by atoms with Crippen molar-refractivity contribution in [1.82, 2.24) is 0 Å². The highest BCUT2D eigenvalue weighted by Crippen LogP contribution is 2.37.